The Morgan fingerprint density at radius 2 is 1.58 bits per heavy atom. The van der Waals surface area contributed by atoms with Gasteiger partial charge in [-0.3, -0.25) is 19.2 Å². The summed E-state index contributed by atoms with van der Waals surface area (Å²) in [6, 6.07) is -0.196. The number of carboxylic acid groups (broad SMARTS) is 2. The number of rotatable bonds is 12. The molecule has 6 heterocycles. The fraction of sp³-hybridized carbons (Fsp3) is 0.515. The second-order valence-corrected chi connectivity index (χ2v) is 15.2. The molecule has 0 spiro atoms. The van der Waals surface area contributed by atoms with Crippen LogP contribution in [0.4, 0.5) is 0 Å². The summed E-state index contributed by atoms with van der Waals surface area (Å²) in [5, 5.41) is 29.6. The van der Waals surface area contributed by atoms with E-state index in [-0.39, 0.29) is 53.8 Å². The Balaban J connectivity index is 1.33. The molecule has 6 N–H and O–H groups in total. The Bertz CT molecular complexity index is 1600. The number of aliphatic carboxylic acids is 2. The SMILES string of the molecule is CC1=C(CCC(=O)O)/C(=C/c2[nH]c(/C=C3\NC(=O)[C@H](C)[C@H]3[C@@H]3CS3)c(C)c2CCC(=O)O)NC1C[C@H]1NC(=O)C([C@H]2CS2)=C1C. The number of carboxylic acids is 2. The number of H-pyrrole nitrogens is 1. The van der Waals surface area contributed by atoms with Crippen molar-refractivity contribution in [3.8, 4) is 0 Å². The molecule has 45 heavy (non-hydrogen) atoms. The molecule has 3 saturated heterocycles. The highest BCUT2D eigenvalue weighted by molar-refractivity contribution is 8.07. The third-order valence-corrected chi connectivity index (χ3v) is 11.7. The number of allylic oxidation sites excluding steroid dienone is 2. The van der Waals surface area contributed by atoms with Crippen LogP contribution in [0.25, 0.3) is 12.2 Å². The summed E-state index contributed by atoms with van der Waals surface area (Å²) in [4.78, 5) is 52.0. The number of hydrogen-bond donors (Lipinski definition) is 6. The van der Waals surface area contributed by atoms with Crippen molar-refractivity contribution in [3.05, 3.63) is 56.2 Å². The van der Waals surface area contributed by atoms with Gasteiger partial charge in [-0.05, 0) is 80.0 Å². The predicted molar refractivity (Wildman–Crippen MR) is 176 cm³/mol. The lowest BCUT2D eigenvalue weighted by molar-refractivity contribution is -0.138. The van der Waals surface area contributed by atoms with Crippen molar-refractivity contribution < 1.29 is 29.4 Å². The van der Waals surface area contributed by atoms with Crippen LogP contribution in [0.5, 0.6) is 0 Å². The summed E-state index contributed by atoms with van der Waals surface area (Å²) in [7, 11) is 0. The lowest BCUT2D eigenvalue weighted by atomic mass is 9.91. The van der Waals surface area contributed by atoms with Crippen LogP contribution in [0, 0.1) is 18.8 Å². The minimum absolute atomic E-state index is 0.0101. The molecule has 1 unspecified atom stereocenters. The van der Waals surface area contributed by atoms with E-state index in [0.29, 0.717) is 24.5 Å². The fourth-order valence-electron chi connectivity index (χ4n) is 7.02. The van der Waals surface area contributed by atoms with Gasteiger partial charge in [-0.15, -0.1) is 0 Å². The maximum Gasteiger partial charge on any atom is 0.303 e. The lowest BCUT2D eigenvalue weighted by Crippen LogP contribution is -2.36. The number of carbonyl (C=O) groups is 4. The van der Waals surface area contributed by atoms with Crippen LogP contribution in [-0.4, -0.2) is 73.0 Å². The Morgan fingerprint density at radius 3 is 2.22 bits per heavy atom. The van der Waals surface area contributed by atoms with Gasteiger partial charge in [-0.2, -0.15) is 23.5 Å². The van der Waals surface area contributed by atoms with Crippen molar-refractivity contribution in [2.45, 2.75) is 82.4 Å². The number of nitrogens with one attached hydrogen (secondary N) is 4. The van der Waals surface area contributed by atoms with Gasteiger partial charge in [0.2, 0.25) is 11.8 Å². The van der Waals surface area contributed by atoms with Crippen LogP contribution in [0.15, 0.2) is 33.7 Å². The monoisotopic (exact) mass is 652 g/mol. The summed E-state index contributed by atoms with van der Waals surface area (Å²) in [6.07, 6.45) is 5.22. The first-order valence-electron chi connectivity index (χ1n) is 15.5. The van der Waals surface area contributed by atoms with Crippen molar-refractivity contribution in [2.24, 2.45) is 11.8 Å². The first kappa shape index (κ1) is 31.6. The van der Waals surface area contributed by atoms with E-state index in [2.05, 4.69) is 20.9 Å². The molecule has 0 aliphatic carbocycles. The zero-order valence-electron chi connectivity index (χ0n) is 25.9. The highest BCUT2D eigenvalue weighted by atomic mass is 32.2. The maximum absolute atomic E-state index is 12.7. The molecule has 1 aromatic heterocycles. The molecule has 3 fully saturated rings. The van der Waals surface area contributed by atoms with Crippen molar-refractivity contribution in [1.82, 2.24) is 20.9 Å². The quantitative estimate of drug-likeness (QED) is 0.184. The molecule has 6 rings (SSSR count). The number of aromatic amines is 1. The van der Waals surface area contributed by atoms with Crippen molar-refractivity contribution in [3.63, 3.8) is 0 Å². The van der Waals surface area contributed by atoms with Crippen LogP contribution in [0.1, 0.15) is 69.0 Å². The van der Waals surface area contributed by atoms with E-state index in [0.717, 1.165) is 67.7 Å². The van der Waals surface area contributed by atoms with Crippen LogP contribution in [0.2, 0.25) is 0 Å². The molecule has 1 aromatic rings. The van der Waals surface area contributed by atoms with E-state index in [4.69, 9.17) is 0 Å². The van der Waals surface area contributed by atoms with Gasteiger partial charge in [0, 0.05) is 81.1 Å². The second-order valence-electron chi connectivity index (χ2n) is 12.7. The molecule has 0 saturated carbocycles. The Morgan fingerprint density at radius 1 is 0.911 bits per heavy atom. The normalized spacial score (nSPS) is 30.8. The second kappa shape index (κ2) is 12.4. The topological polar surface area (TPSA) is 161 Å². The van der Waals surface area contributed by atoms with Crippen LogP contribution >= 0.6 is 23.5 Å². The van der Waals surface area contributed by atoms with Gasteiger partial charge in [-0.1, -0.05) is 6.92 Å². The number of carbonyl (C=O) groups excluding carboxylic acids is 2. The lowest BCUT2D eigenvalue weighted by Gasteiger charge is -2.20. The van der Waals surface area contributed by atoms with E-state index in [1.54, 1.807) is 11.8 Å². The van der Waals surface area contributed by atoms with Gasteiger partial charge >= 0.3 is 11.9 Å². The smallest absolute Gasteiger partial charge is 0.303 e. The average Bonchev–Trinajstić information content (AvgIpc) is 3.89. The standard InChI is InChI=1S/C33H40N4O6S2/c1-14-18(5-7-28(38)39)23(34-20(14)9-22-16(3)31(27-13-45-27)33(43)36-22)11-24-19(6-8-29(40)41)15(2)21(35-24)10-25-30(26-12-44-26)17(4)32(42)37-25/h10-11,17,20,22,26-27,30,34-35H,5-9,12-13H2,1-4H3,(H,36,43)(H,37,42)(H,38,39)(H,40,41)/b23-11-,25-10-/t17-,20?,22-,26+,27-,30-/m1/s1. The molecule has 240 valence electrons. The minimum atomic E-state index is -0.889. The highest BCUT2D eigenvalue weighted by Gasteiger charge is 2.45. The molecule has 2 amide bonds. The molecule has 5 aliphatic rings. The van der Waals surface area contributed by atoms with Gasteiger partial charge in [0.15, 0.2) is 0 Å². The van der Waals surface area contributed by atoms with Gasteiger partial charge in [-0.25, -0.2) is 0 Å². The Hall–Kier alpha value is -3.38. The fourth-order valence-corrected chi connectivity index (χ4v) is 8.65. The maximum atomic E-state index is 12.7. The van der Waals surface area contributed by atoms with E-state index < -0.39 is 11.9 Å². The molecule has 0 aromatic carbocycles. The van der Waals surface area contributed by atoms with Crippen LogP contribution in [-0.2, 0) is 25.6 Å². The largest absolute Gasteiger partial charge is 0.481 e. The molecular formula is C33H40N4O6S2. The van der Waals surface area contributed by atoms with Crippen LogP contribution < -0.4 is 16.0 Å². The van der Waals surface area contributed by atoms with E-state index >= 15 is 0 Å². The predicted octanol–water partition coefficient (Wildman–Crippen LogP) is 3.99. The number of aromatic nitrogens is 1. The number of thioether (sulfide) groups is 2. The molecular weight excluding hydrogens is 613 g/mol. The Labute approximate surface area is 271 Å². The summed E-state index contributed by atoms with van der Waals surface area (Å²) >= 11 is 3.63. The van der Waals surface area contributed by atoms with Crippen molar-refractivity contribution >= 4 is 59.4 Å². The summed E-state index contributed by atoms with van der Waals surface area (Å²) in [6.45, 7) is 7.97. The first-order chi connectivity index (χ1) is 21.4. The third-order valence-electron chi connectivity index (χ3n) is 9.83. The molecule has 0 bridgehead atoms. The van der Waals surface area contributed by atoms with Crippen molar-refractivity contribution in [1.29, 1.82) is 0 Å². The molecule has 12 heteroatoms. The average molecular weight is 653 g/mol. The van der Waals surface area contributed by atoms with Gasteiger partial charge < -0.3 is 31.1 Å². The third kappa shape index (κ3) is 6.49. The van der Waals surface area contributed by atoms with E-state index in [9.17, 15) is 29.4 Å². The minimum Gasteiger partial charge on any atom is -0.481 e. The van der Waals surface area contributed by atoms with Crippen molar-refractivity contribution in [2.75, 3.05) is 11.5 Å². The molecule has 5 aliphatic heterocycles. The molecule has 6 atom stereocenters. The van der Waals surface area contributed by atoms with Gasteiger partial charge in [0.25, 0.3) is 0 Å². The molecule has 0 radical (unpaired) electrons. The number of amides is 2. The zero-order valence-corrected chi connectivity index (χ0v) is 27.5. The summed E-state index contributed by atoms with van der Waals surface area (Å²) in [5.74, 6) is 0.283. The number of hydrogen-bond acceptors (Lipinski definition) is 7. The van der Waals surface area contributed by atoms with E-state index in [1.807, 2.05) is 51.6 Å². The summed E-state index contributed by atoms with van der Waals surface area (Å²) < 4.78 is 0. The van der Waals surface area contributed by atoms with Crippen LogP contribution in [0.3, 0.4) is 0 Å². The first-order valence-corrected chi connectivity index (χ1v) is 17.6. The van der Waals surface area contributed by atoms with Gasteiger partial charge in [0.1, 0.15) is 0 Å². The zero-order chi connectivity index (χ0) is 32.2. The summed E-state index contributed by atoms with van der Waals surface area (Å²) in [5.41, 5.74) is 9.02. The highest BCUT2D eigenvalue weighted by Crippen LogP contribution is 2.46. The van der Waals surface area contributed by atoms with E-state index in [1.165, 1.54) is 0 Å². The van der Waals surface area contributed by atoms with Gasteiger partial charge in [0.05, 0.1) is 6.04 Å². The molecule has 10 nitrogen and oxygen atoms in total. The Kier molecular flexibility index (Phi) is 8.73.